The van der Waals surface area contributed by atoms with Gasteiger partial charge in [0.2, 0.25) is 0 Å². The zero-order valence-electron chi connectivity index (χ0n) is 14.9. The Hall–Kier alpha value is -2.87. The van der Waals surface area contributed by atoms with Crippen molar-refractivity contribution in [2.75, 3.05) is 26.1 Å². The SMILES string of the molecule is COC(=O)c1c(NC(=O)COC(=O)c2ccccc2OC)sc(C)c1C. The second-order valence-corrected chi connectivity index (χ2v) is 6.53. The van der Waals surface area contributed by atoms with Gasteiger partial charge in [-0.3, -0.25) is 4.79 Å². The summed E-state index contributed by atoms with van der Waals surface area (Å²) < 4.78 is 14.9. The molecule has 2 rings (SSSR count). The minimum Gasteiger partial charge on any atom is -0.496 e. The molecular weight excluding hydrogens is 358 g/mol. The predicted octanol–water partition coefficient (Wildman–Crippen LogP) is 2.96. The molecule has 0 unspecified atom stereocenters. The van der Waals surface area contributed by atoms with E-state index in [2.05, 4.69) is 5.32 Å². The fourth-order valence-electron chi connectivity index (χ4n) is 2.25. The van der Waals surface area contributed by atoms with E-state index in [0.29, 0.717) is 16.3 Å². The average Bonchev–Trinajstić information content (AvgIpc) is 2.92. The van der Waals surface area contributed by atoms with Crippen LogP contribution < -0.4 is 10.1 Å². The van der Waals surface area contributed by atoms with Crippen LogP contribution in [0.3, 0.4) is 0 Å². The van der Waals surface area contributed by atoms with Crippen molar-refractivity contribution in [3.8, 4) is 5.75 Å². The van der Waals surface area contributed by atoms with Crippen molar-refractivity contribution in [1.29, 1.82) is 0 Å². The molecule has 0 aliphatic rings. The number of methoxy groups -OCH3 is 2. The van der Waals surface area contributed by atoms with Crippen molar-refractivity contribution in [3.05, 3.63) is 45.8 Å². The van der Waals surface area contributed by atoms with Crippen LogP contribution in [-0.4, -0.2) is 38.7 Å². The molecular formula is C18H19NO6S. The van der Waals surface area contributed by atoms with Crippen LogP contribution in [0.4, 0.5) is 5.00 Å². The van der Waals surface area contributed by atoms with Crippen LogP contribution in [0.25, 0.3) is 0 Å². The van der Waals surface area contributed by atoms with Crippen molar-refractivity contribution >= 4 is 34.2 Å². The third-order valence-corrected chi connectivity index (χ3v) is 4.81. The molecule has 8 heteroatoms. The number of nitrogens with one attached hydrogen (secondary N) is 1. The van der Waals surface area contributed by atoms with E-state index >= 15 is 0 Å². The Balaban J connectivity index is 2.05. The van der Waals surface area contributed by atoms with Crippen LogP contribution in [0.15, 0.2) is 24.3 Å². The molecule has 1 amide bonds. The minimum atomic E-state index is -0.677. The van der Waals surface area contributed by atoms with Crippen LogP contribution in [0, 0.1) is 13.8 Å². The van der Waals surface area contributed by atoms with Gasteiger partial charge in [0.05, 0.1) is 19.8 Å². The maximum absolute atomic E-state index is 12.1. The number of hydrogen-bond donors (Lipinski definition) is 1. The van der Waals surface area contributed by atoms with E-state index in [4.69, 9.17) is 14.2 Å². The number of para-hydroxylation sites is 1. The lowest BCUT2D eigenvalue weighted by molar-refractivity contribution is -0.119. The number of carbonyl (C=O) groups is 3. The maximum Gasteiger partial charge on any atom is 0.342 e. The lowest BCUT2D eigenvalue weighted by Gasteiger charge is -2.09. The molecule has 26 heavy (non-hydrogen) atoms. The number of esters is 2. The molecule has 2 aromatic rings. The summed E-state index contributed by atoms with van der Waals surface area (Å²) in [5, 5.41) is 2.96. The summed E-state index contributed by atoms with van der Waals surface area (Å²) in [5.74, 6) is -1.41. The molecule has 0 spiro atoms. The molecule has 0 aliphatic carbocycles. The Kier molecular flexibility index (Phi) is 6.35. The Morgan fingerprint density at radius 1 is 1.08 bits per heavy atom. The highest BCUT2D eigenvalue weighted by Crippen LogP contribution is 2.32. The highest BCUT2D eigenvalue weighted by molar-refractivity contribution is 7.16. The van der Waals surface area contributed by atoms with Gasteiger partial charge in [-0.25, -0.2) is 9.59 Å². The van der Waals surface area contributed by atoms with E-state index in [-0.39, 0.29) is 5.56 Å². The number of benzene rings is 1. The molecule has 138 valence electrons. The van der Waals surface area contributed by atoms with Gasteiger partial charge in [0, 0.05) is 4.88 Å². The molecule has 7 nitrogen and oxygen atoms in total. The summed E-state index contributed by atoms with van der Waals surface area (Å²) in [4.78, 5) is 37.0. The van der Waals surface area contributed by atoms with E-state index < -0.39 is 24.5 Å². The topological polar surface area (TPSA) is 90.9 Å². The van der Waals surface area contributed by atoms with Gasteiger partial charge in [0.15, 0.2) is 6.61 Å². The summed E-state index contributed by atoms with van der Waals surface area (Å²) in [6.07, 6.45) is 0. The number of aryl methyl sites for hydroxylation is 1. The Bertz CT molecular complexity index is 842. The van der Waals surface area contributed by atoms with E-state index in [9.17, 15) is 14.4 Å². The van der Waals surface area contributed by atoms with Crippen LogP contribution in [0.5, 0.6) is 5.75 Å². The average molecular weight is 377 g/mol. The summed E-state index contributed by atoms with van der Waals surface area (Å²) in [6, 6.07) is 6.55. The van der Waals surface area contributed by atoms with Crippen molar-refractivity contribution in [2.45, 2.75) is 13.8 Å². The van der Waals surface area contributed by atoms with E-state index in [1.165, 1.54) is 25.6 Å². The van der Waals surface area contributed by atoms with Crippen molar-refractivity contribution < 1.29 is 28.6 Å². The first-order valence-electron chi connectivity index (χ1n) is 7.67. The van der Waals surface area contributed by atoms with Gasteiger partial charge in [-0.05, 0) is 31.5 Å². The van der Waals surface area contributed by atoms with Crippen LogP contribution in [-0.2, 0) is 14.3 Å². The number of carbonyl (C=O) groups excluding carboxylic acids is 3. The largest absolute Gasteiger partial charge is 0.496 e. The highest BCUT2D eigenvalue weighted by atomic mass is 32.1. The van der Waals surface area contributed by atoms with Crippen LogP contribution in [0.1, 0.15) is 31.2 Å². The first kappa shape index (κ1) is 19.5. The molecule has 0 saturated carbocycles. The highest BCUT2D eigenvalue weighted by Gasteiger charge is 2.22. The van der Waals surface area contributed by atoms with E-state index in [1.54, 1.807) is 31.2 Å². The van der Waals surface area contributed by atoms with Crippen LogP contribution in [0.2, 0.25) is 0 Å². The van der Waals surface area contributed by atoms with Gasteiger partial charge < -0.3 is 19.5 Å². The zero-order chi connectivity index (χ0) is 19.3. The van der Waals surface area contributed by atoms with Crippen LogP contribution >= 0.6 is 11.3 Å². The number of amides is 1. The quantitative estimate of drug-likeness (QED) is 0.779. The third-order valence-electron chi connectivity index (χ3n) is 3.69. The first-order chi connectivity index (χ1) is 12.4. The molecule has 1 aromatic heterocycles. The predicted molar refractivity (Wildman–Crippen MR) is 97.0 cm³/mol. The summed E-state index contributed by atoms with van der Waals surface area (Å²) >= 11 is 1.26. The Labute approximate surface area is 154 Å². The van der Waals surface area contributed by atoms with Gasteiger partial charge >= 0.3 is 11.9 Å². The Morgan fingerprint density at radius 2 is 1.77 bits per heavy atom. The fraction of sp³-hybridized carbons (Fsp3) is 0.278. The normalized spacial score (nSPS) is 10.2. The molecule has 0 fully saturated rings. The van der Waals surface area contributed by atoms with Crippen molar-refractivity contribution in [1.82, 2.24) is 0 Å². The Morgan fingerprint density at radius 3 is 2.42 bits per heavy atom. The summed E-state index contributed by atoms with van der Waals surface area (Å²) in [7, 11) is 2.71. The number of hydrogen-bond acceptors (Lipinski definition) is 7. The summed E-state index contributed by atoms with van der Waals surface area (Å²) in [5.41, 5.74) is 1.27. The third kappa shape index (κ3) is 4.20. The number of thiophene rings is 1. The smallest absolute Gasteiger partial charge is 0.342 e. The molecule has 0 aliphatic heterocycles. The van der Waals surface area contributed by atoms with Gasteiger partial charge in [0.25, 0.3) is 5.91 Å². The van der Waals surface area contributed by atoms with E-state index in [1.807, 2.05) is 6.92 Å². The number of rotatable bonds is 6. The number of ether oxygens (including phenoxy) is 3. The molecule has 0 bridgehead atoms. The van der Waals surface area contributed by atoms with Gasteiger partial charge in [0.1, 0.15) is 16.3 Å². The standard InChI is InChI=1S/C18H19NO6S/c1-10-11(2)26-16(15(10)18(22)24-4)19-14(20)9-25-17(21)12-7-5-6-8-13(12)23-3/h5-8H,9H2,1-4H3,(H,19,20). The maximum atomic E-state index is 12.1. The molecule has 1 N–H and O–H groups in total. The number of anilines is 1. The zero-order valence-corrected chi connectivity index (χ0v) is 15.7. The van der Waals surface area contributed by atoms with Gasteiger partial charge in [-0.2, -0.15) is 0 Å². The lowest BCUT2D eigenvalue weighted by atomic mass is 10.1. The molecule has 1 aromatic carbocycles. The second-order valence-electron chi connectivity index (χ2n) is 5.30. The fourth-order valence-corrected chi connectivity index (χ4v) is 3.31. The first-order valence-corrected chi connectivity index (χ1v) is 8.49. The van der Waals surface area contributed by atoms with Crippen molar-refractivity contribution in [2.24, 2.45) is 0 Å². The molecule has 1 heterocycles. The monoisotopic (exact) mass is 377 g/mol. The summed E-state index contributed by atoms with van der Waals surface area (Å²) in [6.45, 7) is 3.12. The minimum absolute atomic E-state index is 0.223. The lowest BCUT2D eigenvalue weighted by Crippen LogP contribution is -2.21. The van der Waals surface area contributed by atoms with E-state index in [0.717, 1.165) is 10.4 Å². The molecule has 0 radical (unpaired) electrons. The van der Waals surface area contributed by atoms with Gasteiger partial charge in [-0.15, -0.1) is 11.3 Å². The molecule has 0 atom stereocenters. The van der Waals surface area contributed by atoms with Crippen molar-refractivity contribution in [3.63, 3.8) is 0 Å². The molecule has 0 saturated heterocycles. The van der Waals surface area contributed by atoms with Gasteiger partial charge in [-0.1, -0.05) is 12.1 Å². The second kappa shape index (κ2) is 8.48.